The van der Waals surface area contributed by atoms with Gasteiger partial charge in [0.05, 0.1) is 0 Å². The van der Waals surface area contributed by atoms with E-state index in [1.807, 2.05) is 6.92 Å². The van der Waals surface area contributed by atoms with E-state index >= 15 is 0 Å². The van der Waals surface area contributed by atoms with Gasteiger partial charge >= 0.3 is 0 Å². The Balaban J connectivity index is 1.96. The average molecular weight is 303 g/mol. The lowest BCUT2D eigenvalue weighted by Gasteiger charge is -2.21. The van der Waals surface area contributed by atoms with Gasteiger partial charge in [-0.2, -0.15) is 0 Å². The molecular weight excluding hydrogens is 284 g/mol. The molecule has 0 aromatic heterocycles. The lowest BCUT2D eigenvalue weighted by atomic mass is 10.1. The van der Waals surface area contributed by atoms with Crippen molar-refractivity contribution < 1.29 is 13.6 Å². The lowest BCUT2D eigenvalue weighted by Crippen LogP contribution is -2.30. The molecule has 4 heteroatoms. The van der Waals surface area contributed by atoms with E-state index in [9.17, 15) is 13.6 Å². The molecule has 2 aromatic carbocycles. The number of amides is 1. The summed E-state index contributed by atoms with van der Waals surface area (Å²) in [7, 11) is 0. The highest BCUT2D eigenvalue weighted by atomic mass is 19.1. The van der Waals surface area contributed by atoms with Crippen molar-refractivity contribution in [3.63, 3.8) is 0 Å². The maximum atomic E-state index is 13.5. The molecule has 0 bridgehead atoms. The van der Waals surface area contributed by atoms with Crippen LogP contribution in [0.4, 0.5) is 8.78 Å². The number of benzene rings is 2. The summed E-state index contributed by atoms with van der Waals surface area (Å²) in [6, 6.07) is 12.7. The zero-order valence-corrected chi connectivity index (χ0v) is 12.6. The molecule has 0 saturated heterocycles. The van der Waals surface area contributed by atoms with Crippen LogP contribution >= 0.6 is 0 Å². The Labute approximate surface area is 129 Å². The summed E-state index contributed by atoms with van der Waals surface area (Å²) >= 11 is 0. The first-order chi connectivity index (χ1) is 10.6. The second-order valence-corrected chi connectivity index (χ2v) is 5.13. The number of halogens is 2. The van der Waals surface area contributed by atoms with Gasteiger partial charge in [-0.05, 0) is 42.7 Å². The molecule has 116 valence electrons. The number of carbonyl (C=O) groups excluding carboxylic acids is 1. The van der Waals surface area contributed by atoms with E-state index in [-0.39, 0.29) is 24.0 Å². The number of rotatable bonds is 6. The fourth-order valence-corrected chi connectivity index (χ4v) is 2.33. The minimum absolute atomic E-state index is 0.0602. The number of carbonyl (C=O) groups is 1. The predicted octanol–water partition coefficient (Wildman–Crippen LogP) is 3.95. The smallest absolute Gasteiger partial charge is 0.223 e. The van der Waals surface area contributed by atoms with Gasteiger partial charge in [0.2, 0.25) is 5.91 Å². The molecule has 0 fully saturated rings. The topological polar surface area (TPSA) is 20.3 Å². The van der Waals surface area contributed by atoms with Gasteiger partial charge in [0.25, 0.3) is 0 Å². The summed E-state index contributed by atoms with van der Waals surface area (Å²) in [6.45, 7) is 2.78. The Hall–Kier alpha value is -2.23. The van der Waals surface area contributed by atoms with Crippen LogP contribution in [0.5, 0.6) is 0 Å². The summed E-state index contributed by atoms with van der Waals surface area (Å²) in [5.74, 6) is -0.661. The molecule has 0 unspecified atom stereocenters. The van der Waals surface area contributed by atoms with Crippen LogP contribution < -0.4 is 0 Å². The van der Waals surface area contributed by atoms with Crippen LogP contribution in [0.2, 0.25) is 0 Å². The Morgan fingerprint density at radius 1 is 1.09 bits per heavy atom. The van der Waals surface area contributed by atoms with Gasteiger partial charge in [0.15, 0.2) is 0 Å². The SMILES string of the molecule is CCN(Cc1cccc(F)c1)C(=O)CCc1ccccc1F. The Bertz CT molecular complexity index is 642. The van der Waals surface area contributed by atoms with Crippen LogP contribution in [0, 0.1) is 11.6 Å². The monoisotopic (exact) mass is 303 g/mol. The largest absolute Gasteiger partial charge is 0.339 e. The van der Waals surface area contributed by atoms with Crippen LogP contribution in [0.15, 0.2) is 48.5 Å². The minimum Gasteiger partial charge on any atom is -0.339 e. The van der Waals surface area contributed by atoms with Crippen molar-refractivity contribution in [1.82, 2.24) is 4.90 Å². The molecule has 22 heavy (non-hydrogen) atoms. The molecule has 0 aliphatic rings. The van der Waals surface area contributed by atoms with Crippen LogP contribution in [0.1, 0.15) is 24.5 Å². The van der Waals surface area contributed by atoms with E-state index < -0.39 is 0 Å². The number of hydrogen-bond donors (Lipinski definition) is 0. The molecule has 2 aromatic rings. The van der Waals surface area contributed by atoms with E-state index in [4.69, 9.17) is 0 Å². The summed E-state index contributed by atoms with van der Waals surface area (Å²) < 4.78 is 26.7. The van der Waals surface area contributed by atoms with Gasteiger partial charge in [-0.15, -0.1) is 0 Å². The molecular formula is C18H19F2NO. The van der Waals surface area contributed by atoms with Crippen LogP contribution in [0.3, 0.4) is 0 Å². The number of aryl methyl sites for hydroxylation is 1. The van der Waals surface area contributed by atoms with Crippen molar-refractivity contribution in [1.29, 1.82) is 0 Å². The van der Waals surface area contributed by atoms with E-state index in [1.165, 1.54) is 18.2 Å². The molecule has 2 nitrogen and oxygen atoms in total. The number of nitrogens with zero attached hydrogens (tertiary/aromatic N) is 1. The fraction of sp³-hybridized carbons (Fsp3) is 0.278. The van der Waals surface area contributed by atoms with Gasteiger partial charge < -0.3 is 4.90 Å². The second kappa shape index (κ2) is 7.69. The summed E-state index contributed by atoms with van der Waals surface area (Å²) in [5, 5.41) is 0. The quantitative estimate of drug-likeness (QED) is 0.791. The standard InChI is InChI=1S/C18H19F2NO/c1-2-21(13-14-6-5-8-16(19)12-14)18(22)11-10-15-7-3-4-9-17(15)20/h3-9,12H,2,10-11,13H2,1H3. The highest BCUT2D eigenvalue weighted by Gasteiger charge is 2.13. The first kappa shape index (κ1) is 16.1. The van der Waals surface area contributed by atoms with Gasteiger partial charge in [-0.1, -0.05) is 30.3 Å². The van der Waals surface area contributed by atoms with Gasteiger partial charge in [0, 0.05) is 19.5 Å². The fourth-order valence-electron chi connectivity index (χ4n) is 2.33. The Kier molecular flexibility index (Phi) is 5.64. The zero-order valence-electron chi connectivity index (χ0n) is 12.6. The molecule has 0 radical (unpaired) electrons. The minimum atomic E-state index is -0.313. The van der Waals surface area contributed by atoms with E-state index in [0.717, 1.165) is 5.56 Å². The third kappa shape index (κ3) is 4.38. The Morgan fingerprint density at radius 3 is 2.55 bits per heavy atom. The number of hydrogen-bond acceptors (Lipinski definition) is 1. The lowest BCUT2D eigenvalue weighted by molar-refractivity contribution is -0.131. The van der Waals surface area contributed by atoms with Crippen molar-refractivity contribution >= 4 is 5.91 Å². The molecule has 2 rings (SSSR count). The highest BCUT2D eigenvalue weighted by molar-refractivity contribution is 5.76. The zero-order chi connectivity index (χ0) is 15.9. The van der Waals surface area contributed by atoms with Crippen molar-refractivity contribution in [3.05, 3.63) is 71.3 Å². The molecule has 0 aliphatic heterocycles. The molecule has 0 saturated carbocycles. The summed E-state index contributed by atoms with van der Waals surface area (Å²) in [5.41, 5.74) is 1.29. The normalized spacial score (nSPS) is 10.5. The van der Waals surface area contributed by atoms with Gasteiger partial charge in [0.1, 0.15) is 11.6 Å². The van der Waals surface area contributed by atoms with Crippen LogP contribution in [-0.2, 0) is 17.8 Å². The molecule has 1 amide bonds. The molecule has 0 heterocycles. The van der Waals surface area contributed by atoms with E-state index in [1.54, 1.807) is 35.2 Å². The van der Waals surface area contributed by atoms with Gasteiger partial charge in [-0.3, -0.25) is 4.79 Å². The third-order valence-corrected chi connectivity index (χ3v) is 3.56. The molecule has 0 N–H and O–H groups in total. The summed E-state index contributed by atoms with van der Waals surface area (Å²) in [4.78, 5) is 13.9. The molecule has 0 aliphatic carbocycles. The van der Waals surface area contributed by atoms with Crippen molar-refractivity contribution in [2.45, 2.75) is 26.3 Å². The van der Waals surface area contributed by atoms with Crippen molar-refractivity contribution in [2.24, 2.45) is 0 Å². The average Bonchev–Trinajstić information content (AvgIpc) is 2.51. The highest BCUT2D eigenvalue weighted by Crippen LogP contribution is 2.12. The summed E-state index contributed by atoms with van der Waals surface area (Å²) in [6.07, 6.45) is 0.606. The van der Waals surface area contributed by atoms with Crippen molar-refractivity contribution in [2.75, 3.05) is 6.54 Å². The van der Waals surface area contributed by atoms with Gasteiger partial charge in [-0.25, -0.2) is 8.78 Å². The maximum Gasteiger partial charge on any atom is 0.223 e. The first-order valence-corrected chi connectivity index (χ1v) is 7.35. The molecule has 0 atom stereocenters. The van der Waals surface area contributed by atoms with E-state index in [0.29, 0.717) is 25.1 Å². The maximum absolute atomic E-state index is 13.5. The molecule has 0 spiro atoms. The first-order valence-electron chi connectivity index (χ1n) is 7.35. The van der Waals surface area contributed by atoms with E-state index in [2.05, 4.69) is 0 Å². The Morgan fingerprint density at radius 2 is 1.86 bits per heavy atom. The second-order valence-electron chi connectivity index (χ2n) is 5.13. The predicted molar refractivity (Wildman–Crippen MR) is 82.2 cm³/mol. The third-order valence-electron chi connectivity index (χ3n) is 3.56. The van der Waals surface area contributed by atoms with Crippen molar-refractivity contribution in [3.8, 4) is 0 Å². The van der Waals surface area contributed by atoms with Crippen LogP contribution in [0.25, 0.3) is 0 Å². The van der Waals surface area contributed by atoms with Crippen LogP contribution in [-0.4, -0.2) is 17.4 Å².